The first-order chi connectivity index (χ1) is 9.03. The predicted octanol–water partition coefficient (Wildman–Crippen LogP) is 2.51. The first-order valence-corrected chi connectivity index (χ1v) is 6.43. The molecule has 5 nitrogen and oxygen atoms in total. The smallest absolute Gasteiger partial charge is 0.264 e. The highest BCUT2D eigenvalue weighted by Crippen LogP contribution is 2.38. The van der Waals surface area contributed by atoms with Gasteiger partial charge in [-0.3, -0.25) is 9.59 Å². The van der Waals surface area contributed by atoms with E-state index < -0.39 is 5.54 Å². The number of halogens is 1. The molecule has 1 unspecified atom stereocenters. The Labute approximate surface area is 115 Å². The zero-order chi connectivity index (χ0) is 13.6. The number of amides is 2. The summed E-state index contributed by atoms with van der Waals surface area (Å²) >= 11 is 6.05. The van der Waals surface area contributed by atoms with Gasteiger partial charge in [-0.1, -0.05) is 17.7 Å². The lowest BCUT2D eigenvalue weighted by Crippen LogP contribution is -2.38. The monoisotopic (exact) mass is 277 g/mol. The lowest BCUT2D eigenvalue weighted by atomic mass is 9.96. The van der Waals surface area contributed by atoms with Crippen LogP contribution in [0.4, 0.5) is 5.69 Å². The van der Waals surface area contributed by atoms with Crippen LogP contribution in [0.1, 0.15) is 18.4 Å². The Kier molecular flexibility index (Phi) is 2.67. The van der Waals surface area contributed by atoms with Crippen LogP contribution in [0.5, 0.6) is 0 Å². The van der Waals surface area contributed by atoms with Gasteiger partial charge in [0.05, 0.1) is 18.7 Å². The fourth-order valence-corrected chi connectivity index (χ4v) is 2.63. The van der Waals surface area contributed by atoms with Crippen molar-refractivity contribution in [2.45, 2.75) is 25.3 Å². The van der Waals surface area contributed by atoms with E-state index in [0.29, 0.717) is 23.7 Å². The van der Waals surface area contributed by atoms with Crippen LogP contribution in [0.2, 0.25) is 5.02 Å². The highest BCUT2D eigenvalue weighted by molar-refractivity contribution is 6.32. The topological polar surface area (TPSA) is 62.1 Å². The fourth-order valence-electron chi connectivity index (χ4n) is 2.45. The highest BCUT2D eigenvalue weighted by Gasteiger charge is 2.54. The summed E-state index contributed by atoms with van der Waals surface area (Å²) in [6.45, 7) is 2.37. The maximum Gasteiger partial charge on any atom is 0.264 e. The van der Waals surface area contributed by atoms with Crippen molar-refractivity contribution in [3.8, 4) is 0 Å². The standard InChI is InChI=1S/C13H12ClN3O2/c1-8-2-3-9(6-10(8)14)17-11(18)7-13(12(17)19)4-5-15-16-13/h2-3,6H,4-5,7H2,1H3. The van der Waals surface area contributed by atoms with Crippen molar-refractivity contribution in [2.75, 3.05) is 11.4 Å². The number of imide groups is 1. The molecule has 2 aliphatic rings. The van der Waals surface area contributed by atoms with Gasteiger partial charge in [-0.15, -0.1) is 0 Å². The second-order valence-corrected chi connectivity index (χ2v) is 5.30. The zero-order valence-corrected chi connectivity index (χ0v) is 11.1. The Bertz CT molecular complexity index is 614. The zero-order valence-electron chi connectivity index (χ0n) is 10.4. The molecular weight excluding hydrogens is 266 g/mol. The van der Waals surface area contributed by atoms with Gasteiger partial charge in [-0.25, -0.2) is 4.90 Å². The van der Waals surface area contributed by atoms with Gasteiger partial charge >= 0.3 is 0 Å². The van der Waals surface area contributed by atoms with Crippen molar-refractivity contribution in [1.29, 1.82) is 0 Å². The van der Waals surface area contributed by atoms with Gasteiger partial charge in [0.15, 0.2) is 5.54 Å². The molecule has 1 aromatic rings. The molecule has 2 heterocycles. The van der Waals surface area contributed by atoms with E-state index in [1.165, 1.54) is 4.90 Å². The average Bonchev–Trinajstić information content (AvgIpc) is 2.91. The summed E-state index contributed by atoms with van der Waals surface area (Å²) in [4.78, 5) is 25.7. The summed E-state index contributed by atoms with van der Waals surface area (Å²) in [5, 5.41) is 8.39. The Morgan fingerprint density at radius 2 is 2.16 bits per heavy atom. The molecule has 0 aromatic heterocycles. The second-order valence-electron chi connectivity index (χ2n) is 4.89. The molecule has 2 amide bonds. The normalized spacial score (nSPS) is 25.9. The molecule has 3 rings (SSSR count). The van der Waals surface area contributed by atoms with E-state index in [9.17, 15) is 9.59 Å². The number of anilines is 1. The maximum atomic E-state index is 12.4. The molecule has 1 aromatic carbocycles. The van der Waals surface area contributed by atoms with Crippen LogP contribution in [-0.2, 0) is 9.59 Å². The minimum absolute atomic E-state index is 0.0980. The lowest BCUT2D eigenvalue weighted by Gasteiger charge is -2.18. The number of aryl methyl sites for hydroxylation is 1. The van der Waals surface area contributed by atoms with Gasteiger partial charge in [-0.2, -0.15) is 10.2 Å². The third-order valence-electron chi connectivity index (χ3n) is 3.60. The van der Waals surface area contributed by atoms with Gasteiger partial charge in [0, 0.05) is 11.4 Å². The van der Waals surface area contributed by atoms with E-state index in [1.807, 2.05) is 6.92 Å². The van der Waals surface area contributed by atoms with Crippen molar-refractivity contribution >= 4 is 29.1 Å². The molecule has 0 radical (unpaired) electrons. The number of hydrogen-bond acceptors (Lipinski definition) is 4. The quantitative estimate of drug-likeness (QED) is 0.741. The number of azo groups is 1. The molecule has 1 atom stereocenters. The van der Waals surface area contributed by atoms with E-state index in [4.69, 9.17) is 11.6 Å². The van der Waals surface area contributed by atoms with Gasteiger partial charge in [0.25, 0.3) is 5.91 Å². The first-order valence-electron chi connectivity index (χ1n) is 6.06. The molecular formula is C13H12ClN3O2. The van der Waals surface area contributed by atoms with Crippen molar-refractivity contribution in [3.63, 3.8) is 0 Å². The molecule has 1 spiro atoms. The number of carbonyl (C=O) groups is 2. The number of nitrogens with zero attached hydrogens (tertiary/aromatic N) is 3. The van der Waals surface area contributed by atoms with Crippen LogP contribution in [0.15, 0.2) is 28.4 Å². The average molecular weight is 278 g/mol. The summed E-state index contributed by atoms with van der Waals surface area (Å²) in [6, 6.07) is 5.15. The van der Waals surface area contributed by atoms with Gasteiger partial charge in [0.2, 0.25) is 5.91 Å². The minimum Gasteiger partial charge on any atom is -0.274 e. The molecule has 0 N–H and O–H groups in total. The van der Waals surface area contributed by atoms with Crippen LogP contribution in [0.3, 0.4) is 0 Å². The van der Waals surface area contributed by atoms with Gasteiger partial charge in [0.1, 0.15) is 0 Å². The Hall–Kier alpha value is -1.75. The molecule has 1 fully saturated rings. The summed E-state index contributed by atoms with van der Waals surface area (Å²) in [5.74, 6) is -0.538. The van der Waals surface area contributed by atoms with Crippen molar-refractivity contribution < 1.29 is 9.59 Å². The molecule has 19 heavy (non-hydrogen) atoms. The number of rotatable bonds is 1. The van der Waals surface area contributed by atoms with E-state index in [0.717, 1.165) is 5.56 Å². The third kappa shape index (κ3) is 1.76. The van der Waals surface area contributed by atoms with Crippen molar-refractivity contribution in [3.05, 3.63) is 28.8 Å². The van der Waals surface area contributed by atoms with E-state index in [1.54, 1.807) is 18.2 Å². The van der Waals surface area contributed by atoms with Crippen LogP contribution < -0.4 is 4.90 Å². The second kappa shape index (κ2) is 4.13. The maximum absolute atomic E-state index is 12.4. The molecule has 0 bridgehead atoms. The largest absolute Gasteiger partial charge is 0.274 e. The molecule has 1 saturated heterocycles. The van der Waals surface area contributed by atoms with Gasteiger partial charge < -0.3 is 0 Å². The molecule has 98 valence electrons. The predicted molar refractivity (Wildman–Crippen MR) is 70.4 cm³/mol. The van der Waals surface area contributed by atoms with E-state index >= 15 is 0 Å². The van der Waals surface area contributed by atoms with Crippen molar-refractivity contribution in [2.24, 2.45) is 10.2 Å². The Morgan fingerprint density at radius 1 is 1.37 bits per heavy atom. The SMILES string of the molecule is Cc1ccc(N2C(=O)CC3(CCN=N3)C2=O)cc1Cl. The van der Waals surface area contributed by atoms with Crippen LogP contribution in [-0.4, -0.2) is 23.9 Å². The number of hydrogen-bond donors (Lipinski definition) is 0. The Balaban J connectivity index is 2.01. The summed E-state index contributed by atoms with van der Waals surface area (Å²) in [6.07, 6.45) is 0.606. The summed E-state index contributed by atoms with van der Waals surface area (Å²) in [5.41, 5.74) is 0.443. The van der Waals surface area contributed by atoms with Crippen LogP contribution in [0, 0.1) is 6.92 Å². The minimum atomic E-state index is -0.964. The van der Waals surface area contributed by atoms with Crippen LogP contribution >= 0.6 is 11.6 Å². The molecule has 6 heteroatoms. The summed E-state index contributed by atoms with van der Waals surface area (Å²) < 4.78 is 0. The molecule has 2 aliphatic heterocycles. The number of carbonyl (C=O) groups excluding carboxylic acids is 2. The first kappa shape index (κ1) is 12.3. The molecule has 0 saturated carbocycles. The van der Waals surface area contributed by atoms with E-state index in [2.05, 4.69) is 10.2 Å². The Morgan fingerprint density at radius 3 is 2.79 bits per heavy atom. The fraction of sp³-hybridized carbons (Fsp3) is 0.385. The summed E-state index contributed by atoms with van der Waals surface area (Å²) in [7, 11) is 0. The highest BCUT2D eigenvalue weighted by atomic mass is 35.5. The van der Waals surface area contributed by atoms with E-state index in [-0.39, 0.29) is 18.2 Å². The third-order valence-corrected chi connectivity index (χ3v) is 4.00. The van der Waals surface area contributed by atoms with Crippen molar-refractivity contribution in [1.82, 2.24) is 0 Å². The lowest BCUT2D eigenvalue weighted by molar-refractivity contribution is -0.122. The van der Waals surface area contributed by atoms with Gasteiger partial charge in [-0.05, 0) is 24.6 Å². The van der Waals surface area contributed by atoms with Crippen LogP contribution in [0.25, 0.3) is 0 Å². The number of benzene rings is 1. The molecule has 0 aliphatic carbocycles.